The van der Waals surface area contributed by atoms with Gasteiger partial charge in [-0.1, -0.05) is 51.5 Å². The molecular weight excluding hydrogens is 252 g/mol. The van der Waals surface area contributed by atoms with Crippen molar-refractivity contribution in [2.75, 3.05) is 0 Å². The number of aliphatic carboxylic acids is 1. The van der Waals surface area contributed by atoms with Gasteiger partial charge in [0.2, 0.25) is 0 Å². The third kappa shape index (κ3) is 7.46. The van der Waals surface area contributed by atoms with E-state index in [4.69, 9.17) is 16.6 Å². The molecule has 0 aliphatic carbocycles. The van der Waals surface area contributed by atoms with Crippen LogP contribution in [0.25, 0.3) is 0 Å². The second kappa shape index (κ2) is 7.04. The van der Waals surface area contributed by atoms with Crippen LogP contribution in [0.1, 0.15) is 53.9 Å². The molecule has 20 heavy (non-hydrogen) atoms. The Bertz CT molecular complexity index is 380. The molecule has 0 atom stereocenters. The lowest BCUT2D eigenvalue weighted by atomic mass is 9.86. The van der Waals surface area contributed by atoms with E-state index in [1.54, 1.807) is 32.1 Å². The van der Waals surface area contributed by atoms with Gasteiger partial charge in [-0.3, -0.25) is 4.79 Å². The van der Waals surface area contributed by atoms with Gasteiger partial charge in [-0.15, -0.1) is 0 Å². The highest BCUT2D eigenvalue weighted by Gasteiger charge is 2.25. The van der Waals surface area contributed by atoms with Crippen LogP contribution >= 0.6 is 0 Å². The lowest BCUT2D eigenvalue weighted by Gasteiger charge is -2.22. The molecule has 0 aromatic carbocycles. The van der Waals surface area contributed by atoms with Crippen LogP contribution in [0.4, 0.5) is 0 Å². The van der Waals surface area contributed by atoms with Gasteiger partial charge in [-0.2, -0.15) is 0 Å². The van der Waals surface area contributed by atoms with Crippen molar-refractivity contribution >= 4 is 5.97 Å². The van der Waals surface area contributed by atoms with Gasteiger partial charge in [0.15, 0.2) is 0 Å². The zero-order chi connectivity index (χ0) is 16.0. The first-order valence-electron chi connectivity index (χ1n) is 7.08. The topological polar surface area (TPSA) is 89.3 Å². The number of hydrogen-bond donors (Lipinski definition) is 3. The number of allylic oxidation sites excluding steroid dienone is 2. The molecule has 0 spiro atoms. The minimum absolute atomic E-state index is 0.238. The quantitative estimate of drug-likeness (QED) is 0.471. The average molecular weight is 282 g/mol. The molecule has 0 bridgehead atoms. The van der Waals surface area contributed by atoms with Gasteiger partial charge in [0.25, 0.3) is 0 Å². The van der Waals surface area contributed by atoms with Crippen LogP contribution in [-0.4, -0.2) is 16.7 Å². The fourth-order valence-corrected chi connectivity index (χ4v) is 1.43. The first-order chi connectivity index (χ1) is 8.92. The van der Waals surface area contributed by atoms with Crippen LogP contribution in [0.3, 0.4) is 0 Å². The number of carboxylic acid groups (broad SMARTS) is 1. The van der Waals surface area contributed by atoms with E-state index in [9.17, 15) is 4.79 Å². The van der Waals surface area contributed by atoms with Crippen molar-refractivity contribution in [2.24, 2.45) is 22.3 Å². The molecule has 0 heterocycles. The molecule has 0 aliphatic heterocycles. The number of carboxylic acids is 1. The Balaban J connectivity index is 4.53. The second-order valence-electron chi connectivity index (χ2n) is 6.92. The van der Waals surface area contributed by atoms with Gasteiger partial charge in [0, 0.05) is 0 Å². The molecule has 4 nitrogen and oxygen atoms in total. The van der Waals surface area contributed by atoms with Crippen LogP contribution in [0.5, 0.6) is 0 Å². The molecule has 0 aromatic rings. The molecule has 0 rings (SSSR count). The van der Waals surface area contributed by atoms with Gasteiger partial charge in [0.1, 0.15) is 5.66 Å². The molecule has 0 radical (unpaired) electrons. The minimum Gasteiger partial charge on any atom is -0.481 e. The summed E-state index contributed by atoms with van der Waals surface area (Å²) in [6.45, 7) is 9.89. The summed E-state index contributed by atoms with van der Waals surface area (Å²) < 4.78 is 0. The lowest BCUT2D eigenvalue weighted by Crippen LogP contribution is -2.45. The first kappa shape index (κ1) is 18.9. The highest BCUT2D eigenvalue weighted by Crippen LogP contribution is 2.25. The number of carbonyl (C=O) groups is 1. The number of nitrogens with two attached hydrogens (primary N) is 2. The maximum Gasteiger partial charge on any atom is 0.309 e. The molecule has 0 saturated heterocycles. The van der Waals surface area contributed by atoms with Gasteiger partial charge in [-0.05, 0) is 32.1 Å². The average Bonchev–Trinajstić information content (AvgIpc) is 2.27. The van der Waals surface area contributed by atoms with E-state index in [1.165, 1.54) is 0 Å². The molecule has 4 heteroatoms. The summed E-state index contributed by atoms with van der Waals surface area (Å²) in [6.07, 6.45) is 9.56. The fourth-order valence-electron chi connectivity index (χ4n) is 1.43. The van der Waals surface area contributed by atoms with Crippen LogP contribution in [-0.2, 0) is 4.79 Å². The molecule has 5 N–H and O–H groups in total. The Morgan fingerprint density at radius 3 is 1.90 bits per heavy atom. The summed E-state index contributed by atoms with van der Waals surface area (Å²) in [5.41, 5.74) is 10.3. The van der Waals surface area contributed by atoms with Crippen LogP contribution in [0, 0.1) is 10.8 Å². The Labute approximate surface area is 122 Å². The molecular formula is C16H30N2O2. The van der Waals surface area contributed by atoms with Crippen molar-refractivity contribution in [1.29, 1.82) is 0 Å². The van der Waals surface area contributed by atoms with E-state index in [0.29, 0.717) is 6.42 Å². The fraction of sp³-hybridized carbons (Fsp3) is 0.688. The standard InChI is InChI=1S/C16H30N2O2/c1-6-14(2,3)9-7-11-16(17,18)12-8-10-15(4,5)13(19)20/h7-8,11-12H,6,9-10,17-18H2,1-5H3,(H,19,20). The Morgan fingerprint density at radius 2 is 1.50 bits per heavy atom. The lowest BCUT2D eigenvalue weighted by molar-refractivity contribution is -0.146. The van der Waals surface area contributed by atoms with E-state index in [1.807, 2.05) is 6.08 Å². The first-order valence-corrected chi connectivity index (χ1v) is 7.08. The summed E-state index contributed by atoms with van der Waals surface area (Å²) in [6, 6.07) is 0. The molecule has 0 fully saturated rings. The summed E-state index contributed by atoms with van der Waals surface area (Å²) in [5, 5.41) is 9.02. The zero-order valence-corrected chi connectivity index (χ0v) is 13.4. The van der Waals surface area contributed by atoms with Crippen molar-refractivity contribution in [2.45, 2.75) is 59.5 Å². The smallest absolute Gasteiger partial charge is 0.309 e. The predicted molar refractivity (Wildman–Crippen MR) is 84.1 cm³/mol. The van der Waals surface area contributed by atoms with Crippen molar-refractivity contribution in [1.82, 2.24) is 0 Å². The van der Waals surface area contributed by atoms with Gasteiger partial charge >= 0.3 is 5.97 Å². The Hall–Kier alpha value is -1.13. The van der Waals surface area contributed by atoms with Crippen LogP contribution < -0.4 is 11.5 Å². The number of hydrogen-bond acceptors (Lipinski definition) is 3. The third-order valence-corrected chi connectivity index (χ3v) is 3.65. The largest absolute Gasteiger partial charge is 0.481 e. The van der Waals surface area contributed by atoms with E-state index in [-0.39, 0.29) is 5.41 Å². The zero-order valence-electron chi connectivity index (χ0n) is 13.4. The van der Waals surface area contributed by atoms with Gasteiger partial charge in [-0.25, -0.2) is 0 Å². The highest BCUT2D eigenvalue weighted by atomic mass is 16.4. The van der Waals surface area contributed by atoms with E-state index in [2.05, 4.69) is 20.8 Å². The molecule has 0 unspecified atom stereocenters. The van der Waals surface area contributed by atoms with Gasteiger partial charge in [0.05, 0.1) is 5.41 Å². The van der Waals surface area contributed by atoms with Crippen LogP contribution in [0.2, 0.25) is 0 Å². The molecule has 0 aliphatic rings. The van der Waals surface area contributed by atoms with Crippen molar-refractivity contribution in [3.63, 3.8) is 0 Å². The van der Waals surface area contributed by atoms with Crippen molar-refractivity contribution < 1.29 is 9.90 Å². The van der Waals surface area contributed by atoms with Crippen molar-refractivity contribution in [3.8, 4) is 0 Å². The maximum absolute atomic E-state index is 11.0. The predicted octanol–water partition coefficient (Wildman–Crippen LogP) is 3.04. The Morgan fingerprint density at radius 1 is 1.05 bits per heavy atom. The summed E-state index contributed by atoms with van der Waals surface area (Å²) >= 11 is 0. The molecule has 0 aromatic heterocycles. The monoisotopic (exact) mass is 282 g/mol. The molecule has 0 amide bonds. The summed E-state index contributed by atoms with van der Waals surface area (Å²) in [5.74, 6) is -0.831. The molecule has 0 saturated carbocycles. The molecule has 116 valence electrons. The Kier molecular flexibility index (Phi) is 6.65. The van der Waals surface area contributed by atoms with E-state index < -0.39 is 17.0 Å². The summed E-state index contributed by atoms with van der Waals surface area (Å²) in [7, 11) is 0. The van der Waals surface area contributed by atoms with Gasteiger partial charge < -0.3 is 16.6 Å². The number of rotatable bonds is 8. The second-order valence-corrected chi connectivity index (χ2v) is 6.92. The van der Waals surface area contributed by atoms with E-state index in [0.717, 1.165) is 12.8 Å². The maximum atomic E-state index is 11.0. The minimum atomic E-state index is -1.03. The van der Waals surface area contributed by atoms with Crippen LogP contribution in [0.15, 0.2) is 24.3 Å². The normalized spacial score (nSPS) is 14.3. The summed E-state index contributed by atoms with van der Waals surface area (Å²) in [4.78, 5) is 11.0. The highest BCUT2D eigenvalue weighted by molar-refractivity contribution is 5.73. The van der Waals surface area contributed by atoms with Crippen molar-refractivity contribution in [3.05, 3.63) is 24.3 Å². The van der Waals surface area contributed by atoms with E-state index >= 15 is 0 Å². The SMILES string of the molecule is CCC(C)(C)CC=CC(N)(N)C=CCC(C)(C)C(=O)O. The third-order valence-electron chi connectivity index (χ3n) is 3.65.